The highest BCUT2D eigenvalue weighted by Gasteiger charge is 2.34. The number of fused-ring (bicyclic) bond motifs is 1. The van der Waals surface area contributed by atoms with Crippen LogP contribution >= 0.6 is 11.3 Å². The van der Waals surface area contributed by atoms with Gasteiger partial charge in [0.1, 0.15) is 0 Å². The summed E-state index contributed by atoms with van der Waals surface area (Å²) in [5.74, 6) is -1.85. The molecule has 0 unspecified atom stereocenters. The number of carbonyl (C=O) groups is 2. The number of aromatic nitrogens is 1. The zero-order chi connectivity index (χ0) is 33.0. The van der Waals surface area contributed by atoms with Crippen molar-refractivity contribution in [2.75, 3.05) is 26.9 Å². The second kappa shape index (κ2) is 13.4. The summed E-state index contributed by atoms with van der Waals surface area (Å²) in [5, 5.41) is 33.4. The van der Waals surface area contributed by atoms with Crippen molar-refractivity contribution in [3.8, 4) is 17.2 Å². The van der Waals surface area contributed by atoms with Crippen LogP contribution in [0.4, 0.5) is 11.4 Å². The second-order valence-corrected chi connectivity index (χ2v) is 10.2. The Morgan fingerprint density at radius 2 is 1.82 bits per heavy atom. The maximum absolute atomic E-state index is 13.9. The predicted molar refractivity (Wildman–Crippen MR) is 157 cm³/mol. The van der Waals surface area contributed by atoms with Crippen molar-refractivity contribution in [3.05, 3.63) is 92.6 Å². The SMILES string of the molecule is CCOC(=O)C1=C(C)N=c2s/c(=C\c3cc([N+](=O)[O-])cc([N+](=O)[O-])c3O)c(=O)n2[C@@H]1c1ccc(OCC(=O)OC)c(OCC)c1. The monoisotopic (exact) mass is 642 g/mol. The van der Waals surface area contributed by atoms with Crippen LogP contribution in [0, 0.1) is 20.2 Å². The number of methoxy groups -OCH3 is 1. The first kappa shape index (κ1) is 32.3. The molecule has 1 aliphatic heterocycles. The van der Waals surface area contributed by atoms with Crippen LogP contribution in [0.3, 0.4) is 0 Å². The summed E-state index contributed by atoms with van der Waals surface area (Å²) in [6.07, 6.45) is 1.08. The lowest BCUT2D eigenvalue weighted by Crippen LogP contribution is -2.40. The molecule has 0 amide bonds. The summed E-state index contributed by atoms with van der Waals surface area (Å²) in [6.45, 7) is 4.73. The molecule has 1 atom stereocenters. The Labute approximate surface area is 257 Å². The molecule has 0 spiro atoms. The largest absolute Gasteiger partial charge is 0.502 e. The molecule has 236 valence electrons. The van der Waals surface area contributed by atoms with Gasteiger partial charge < -0.3 is 24.1 Å². The Kier molecular flexibility index (Phi) is 9.61. The molecule has 0 saturated carbocycles. The number of esters is 2. The van der Waals surface area contributed by atoms with Gasteiger partial charge in [0.2, 0.25) is 5.75 Å². The molecule has 16 nitrogen and oxygen atoms in total. The third-order valence-corrected chi connectivity index (χ3v) is 7.45. The number of benzene rings is 2. The van der Waals surface area contributed by atoms with E-state index in [0.29, 0.717) is 11.6 Å². The Morgan fingerprint density at radius 3 is 2.44 bits per heavy atom. The highest BCUT2D eigenvalue weighted by molar-refractivity contribution is 7.07. The highest BCUT2D eigenvalue weighted by Crippen LogP contribution is 2.37. The van der Waals surface area contributed by atoms with E-state index in [1.165, 1.54) is 23.8 Å². The van der Waals surface area contributed by atoms with Crippen LogP contribution < -0.4 is 24.4 Å². The Morgan fingerprint density at radius 1 is 1.09 bits per heavy atom. The molecule has 0 aliphatic carbocycles. The van der Waals surface area contributed by atoms with Gasteiger partial charge in [-0.15, -0.1) is 0 Å². The van der Waals surface area contributed by atoms with E-state index in [-0.39, 0.29) is 50.9 Å². The summed E-state index contributed by atoms with van der Waals surface area (Å²) in [7, 11) is 1.21. The van der Waals surface area contributed by atoms with Gasteiger partial charge in [0, 0.05) is 11.6 Å². The number of carbonyl (C=O) groups excluding carboxylic acids is 2. The topological polar surface area (TPSA) is 212 Å². The fourth-order valence-corrected chi connectivity index (χ4v) is 5.54. The summed E-state index contributed by atoms with van der Waals surface area (Å²) >= 11 is 0.839. The van der Waals surface area contributed by atoms with Gasteiger partial charge in [-0.05, 0) is 44.5 Å². The van der Waals surface area contributed by atoms with Crippen molar-refractivity contribution in [2.24, 2.45) is 4.99 Å². The number of aromatic hydroxyl groups is 1. The van der Waals surface area contributed by atoms with Gasteiger partial charge in [-0.2, -0.15) is 0 Å². The van der Waals surface area contributed by atoms with Gasteiger partial charge in [0.15, 0.2) is 22.9 Å². The zero-order valence-corrected chi connectivity index (χ0v) is 25.1. The van der Waals surface area contributed by atoms with Gasteiger partial charge in [-0.25, -0.2) is 14.6 Å². The molecule has 45 heavy (non-hydrogen) atoms. The van der Waals surface area contributed by atoms with Crippen LogP contribution in [-0.2, 0) is 19.1 Å². The van der Waals surface area contributed by atoms with Crippen molar-refractivity contribution in [3.63, 3.8) is 0 Å². The smallest absolute Gasteiger partial charge is 0.343 e. The molecule has 1 N–H and O–H groups in total. The van der Waals surface area contributed by atoms with E-state index in [0.717, 1.165) is 23.5 Å². The van der Waals surface area contributed by atoms with Crippen molar-refractivity contribution < 1.29 is 43.5 Å². The molecule has 0 saturated heterocycles. The molecule has 2 aromatic carbocycles. The first-order valence-corrected chi connectivity index (χ1v) is 14.0. The minimum atomic E-state index is -1.11. The molecule has 0 bridgehead atoms. The van der Waals surface area contributed by atoms with Crippen LogP contribution in [0.5, 0.6) is 17.2 Å². The maximum Gasteiger partial charge on any atom is 0.343 e. The number of thiazole rings is 1. The van der Waals surface area contributed by atoms with Crippen LogP contribution in [0.1, 0.15) is 37.9 Å². The van der Waals surface area contributed by atoms with Crippen LogP contribution in [0.25, 0.3) is 6.08 Å². The minimum absolute atomic E-state index is 0.0299. The molecule has 1 aromatic heterocycles. The van der Waals surface area contributed by atoms with E-state index in [1.807, 2.05) is 0 Å². The molecule has 4 rings (SSSR count). The van der Waals surface area contributed by atoms with E-state index in [1.54, 1.807) is 26.8 Å². The number of rotatable bonds is 11. The van der Waals surface area contributed by atoms with E-state index < -0.39 is 57.1 Å². The fraction of sp³-hybridized carbons (Fsp3) is 0.286. The standard InChI is InChI=1S/C28H26N4O12S/c1-5-42-20-10-15(7-8-19(20)44-13-22(33)41-4)24-23(27(36)43-6-2)14(3)29-28-30(24)26(35)21(45-28)11-16-9-17(31(37)38)12-18(25(16)34)32(39)40/h7-12,24,34H,5-6,13H2,1-4H3/b21-11-/t24-/m1/s1. The van der Waals surface area contributed by atoms with Crippen LogP contribution in [0.2, 0.25) is 0 Å². The average Bonchev–Trinajstić information content (AvgIpc) is 3.30. The van der Waals surface area contributed by atoms with Crippen molar-refractivity contribution >= 4 is 40.7 Å². The van der Waals surface area contributed by atoms with Crippen LogP contribution in [-0.4, -0.2) is 58.4 Å². The van der Waals surface area contributed by atoms with Gasteiger partial charge in [-0.1, -0.05) is 17.4 Å². The van der Waals surface area contributed by atoms with E-state index in [2.05, 4.69) is 9.73 Å². The Balaban J connectivity index is 1.96. The Bertz CT molecular complexity index is 1930. The average molecular weight is 643 g/mol. The van der Waals surface area contributed by atoms with Crippen molar-refractivity contribution in [1.82, 2.24) is 4.57 Å². The van der Waals surface area contributed by atoms with Crippen molar-refractivity contribution in [2.45, 2.75) is 26.8 Å². The molecule has 0 radical (unpaired) electrons. The number of nitrogens with zero attached hydrogens (tertiary/aromatic N) is 4. The predicted octanol–water partition coefficient (Wildman–Crippen LogP) is 2.27. The number of phenols is 1. The fourth-order valence-electron chi connectivity index (χ4n) is 4.51. The molecule has 2 heterocycles. The summed E-state index contributed by atoms with van der Waals surface area (Å²) in [5.41, 5.74) is -1.99. The van der Waals surface area contributed by atoms with Crippen molar-refractivity contribution in [1.29, 1.82) is 0 Å². The molecule has 0 fully saturated rings. The number of phenolic OH excluding ortho intramolecular Hbond substituents is 1. The minimum Gasteiger partial charge on any atom is -0.502 e. The Hall–Kier alpha value is -5.58. The number of allylic oxidation sites excluding steroid dienone is 1. The third-order valence-electron chi connectivity index (χ3n) is 6.47. The van der Waals surface area contributed by atoms with Gasteiger partial charge in [-0.3, -0.25) is 29.6 Å². The molecule has 3 aromatic rings. The first-order chi connectivity index (χ1) is 21.4. The maximum atomic E-state index is 13.9. The number of ether oxygens (including phenoxy) is 4. The lowest BCUT2D eigenvalue weighted by Gasteiger charge is -2.25. The summed E-state index contributed by atoms with van der Waals surface area (Å²) < 4.78 is 22.3. The number of non-ortho nitro benzene ring substituents is 1. The number of hydrogen-bond acceptors (Lipinski definition) is 14. The molecule has 17 heteroatoms. The van der Waals surface area contributed by atoms with Gasteiger partial charge in [0.25, 0.3) is 11.2 Å². The number of nitro benzene ring substituents is 2. The zero-order valence-electron chi connectivity index (χ0n) is 24.3. The second-order valence-electron chi connectivity index (χ2n) is 9.22. The summed E-state index contributed by atoms with van der Waals surface area (Å²) in [6, 6.07) is 4.99. The lowest BCUT2D eigenvalue weighted by molar-refractivity contribution is -0.394. The highest BCUT2D eigenvalue weighted by atomic mass is 32.1. The van der Waals surface area contributed by atoms with Crippen LogP contribution in [0.15, 0.2) is 51.4 Å². The number of hydrogen-bond donors (Lipinski definition) is 1. The van der Waals surface area contributed by atoms with E-state index in [9.17, 15) is 39.7 Å². The van der Waals surface area contributed by atoms with E-state index in [4.69, 9.17) is 14.2 Å². The molecule has 1 aliphatic rings. The summed E-state index contributed by atoms with van der Waals surface area (Å²) in [4.78, 5) is 64.4. The third kappa shape index (κ3) is 6.52. The molecular weight excluding hydrogens is 616 g/mol. The van der Waals surface area contributed by atoms with Gasteiger partial charge in [0.05, 0.1) is 58.1 Å². The lowest BCUT2D eigenvalue weighted by atomic mass is 9.95. The van der Waals surface area contributed by atoms with E-state index >= 15 is 0 Å². The first-order valence-electron chi connectivity index (χ1n) is 13.2. The quantitative estimate of drug-likeness (QED) is 0.181. The van der Waals surface area contributed by atoms with Gasteiger partial charge >= 0.3 is 17.6 Å². The number of nitro groups is 2. The normalized spacial score (nSPS) is 14.3. The molecular formula is C28H26N4O12S.